The Hall–Kier alpha value is -0.560. The standard InChI is InChI=1S/C29H48O/c1-7-21(19(2)3)9-8-20(4)25-12-13-26-24-11-10-22-18-23(30)14-16-28(22,5)27(24)15-17-29(25,26)6/h8-9,11,19-23,25-27,30H,7,10,12-18H2,1-6H3/t20-,21+,22?,23+,25-,26-,27+,28+,29-/m1/s1. The van der Waals surface area contributed by atoms with Gasteiger partial charge in [-0.1, -0.05) is 65.3 Å². The van der Waals surface area contributed by atoms with Gasteiger partial charge in [-0.2, -0.15) is 0 Å². The van der Waals surface area contributed by atoms with Crippen molar-refractivity contribution >= 4 is 0 Å². The molecule has 170 valence electrons. The van der Waals surface area contributed by atoms with Crippen molar-refractivity contribution in [1.82, 2.24) is 0 Å². The SMILES string of the molecule is CC[C@@H](C=C[C@@H](C)[C@H]1CC[C@@H]2C3=CCC4C[C@@H](O)CC[C@]4(C)[C@H]3CC[C@@]21C)C(C)C. The normalized spacial score (nSPS) is 45.6. The fraction of sp³-hybridized carbons (Fsp3) is 0.862. The van der Waals surface area contributed by atoms with E-state index in [4.69, 9.17) is 0 Å². The molecule has 0 aromatic carbocycles. The minimum Gasteiger partial charge on any atom is -0.393 e. The number of fused-ring (bicyclic) bond motifs is 5. The first-order chi connectivity index (χ1) is 14.2. The number of hydrogen-bond donors (Lipinski definition) is 1. The van der Waals surface area contributed by atoms with E-state index >= 15 is 0 Å². The summed E-state index contributed by atoms with van der Waals surface area (Å²) in [6.07, 6.45) is 19.2. The highest BCUT2D eigenvalue weighted by molar-refractivity contribution is 5.28. The Balaban J connectivity index is 1.53. The number of hydrogen-bond acceptors (Lipinski definition) is 1. The van der Waals surface area contributed by atoms with Crippen LogP contribution in [0.3, 0.4) is 0 Å². The van der Waals surface area contributed by atoms with Crippen molar-refractivity contribution in [3.8, 4) is 0 Å². The summed E-state index contributed by atoms with van der Waals surface area (Å²) < 4.78 is 0. The van der Waals surface area contributed by atoms with E-state index in [9.17, 15) is 5.11 Å². The van der Waals surface area contributed by atoms with E-state index in [1.807, 2.05) is 5.57 Å². The van der Waals surface area contributed by atoms with Gasteiger partial charge in [-0.3, -0.25) is 0 Å². The molecule has 3 fully saturated rings. The zero-order valence-electron chi connectivity index (χ0n) is 20.7. The lowest BCUT2D eigenvalue weighted by Gasteiger charge is -2.57. The molecular formula is C29H48O. The quantitative estimate of drug-likeness (QED) is 0.457. The molecule has 1 N–H and O–H groups in total. The molecule has 4 rings (SSSR count). The van der Waals surface area contributed by atoms with Gasteiger partial charge in [0.2, 0.25) is 0 Å². The third-order valence-electron chi connectivity index (χ3n) is 10.7. The molecular weight excluding hydrogens is 364 g/mol. The van der Waals surface area contributed by atoms with Crippen LogP contribution in [0.25, 0.3) is 0 Å². The van der Waals surface area contributed by atoms with Gasteiger partial charge in [0.05, 0.1) is 6.10 Å². The molecule has 30 heavy (non-hydrogen) atoms. The Kier molecular flexibility index (Phi) is 6.35. The third-order valence-corrected chi connectivity index (χ3v) is 10.7. The van der Waals surface area contributed by atoms with Gasteiger partial charge in [-0.25, -0.2) is 0 Å². The highest BCUT2D eigenvalue weighted by Crippen LogP contribution is 2.66. The lowest BCUT2D eigenvalue weighted by molar-refractivity contribution is -0.0414. The van der Waals surface area contributed by atoms with E-state index < -0.39 is 0 Å². The van der Waals surface area contributed by atoms with Crippen LogP contribution in [0.2, 0.25) is 0 Å². The van der Waals surface area contributed by atoms with Gasteiger partial charge in [-0.15, -0.1) is 0 Å². The Morgan fingerprint density at radius 3 is 2.40 bits per heavy atom. The lowest BCUT2D eigenvalue weighted by Crippen LogP contribution is -2.49. The first-order valence-electron chi connectivity index (χ1n) is 13.3. The Morgan fingerprint density at radius 1 is 1.00 bits per heavy atom. The van der Waals surface area contributed by atoms with Crippen molar-refractivity contribution < 1.29 is 5.11 Å². The second-order valence-corrected chi connectivity index (χ2v) is 12.5. The minimum atomic E-state index is -0.0480. The van der Waals surface area contributed by atoms with Crippen molar-refractivity contribution in [1.29, 1.82) is 0 Å². The maximum absolute atomic E-state index is 10.3. The zero-order valence-corrected chi connectivity index (χ0v) is 20.7. The van der Waals surface area contributed by atoms with Crippen LogP contribution in [-0.4, -0.2) is 11.2 Å². The largest absolute Gasteiger partial charge is 0.393 e. The topological polar surface area (TPSA) is 20.2 Å². The predicted octanol–water partition coefficient (Wildman–Crippen LogP) is 7.80. The van der Waals surface area contributed by atoms with Crippen LogP contribution in [0.15, 0.2) is 23.8 Å². The van der Waals surface area contributed by atoms with Gasteiger partial charge >= 0.3 is 0 Å². The first-order valence-corrected chi connectivity index (χ1v) is 13.3. The lowest BCUT2D eigenvalue weighted by atomic mass is 9.47. The molecule has 0 aliphatic heterocycles. The summed E-state index contributed by atoms with van der Waals surface area (Å²) in [5, 5.41) is 10.3. The van der Waals surface area contributed by atoms with Crippen LogP contribution >= 0.6 is 0 Å². The van der Waals surface area contributed by atoms with Crippen LogP contribution in [0.5, 0.6) is 0 Å². The zero-order chi connectivity index (χ0) is 21.7. The van der Waals surface area contributed by atoms with E-state index in [0.29, 0.717) is 22.7 Å². The molecule has 0 saturated heterocycles. The molecule has 4 aliphatic carbocycles. The summed E-state index contributed by atoms with van der Waals surface area (Å²) in [5.74, 6) is 5.32. The number of rotatable bonds is 5. The summed E-state index contributed by atoms with van der Waals surface area (Å²) in [4.78, 5) is 0. The van der Waals surface area contributed by atoms with Crippen molar-refractivity contribution in [2.75, 3.05) is 0 Å². The van der Waals surface area contributed by atoms with E-state index in [2.05, 4.69) is 59.8 Å². The molecule has 9 atom stereocenters. The van der Waals surface area contributed by atoms with Crippen LogP contribution in [0.4, 0.5) is 0 Å². The molecule has 4 aliphatic rings. The molecule has 0 bridgehead atoms. The highest BCUT2D eigenvalue weighted by atomic mass is 16.3. The molecule has 0 heterocycles. The molecule has 1 unspecified atom stereocenters. The highest BCUT2D eigenvalue weighted by Gasteiger charge is 2.57. The maximum Gasteiger partial charge on any atom is 0.0543 e. The summed E-state index contributed by atoms with van der Waals surface area (Å²) in [7, 11) is 0. The van der Waals surface area contributed by atoms with Gasteiger partial charge in [0.1, 0.15) is 0 Å². The van der Waals surface area contributed by atoms with Gasteiger partial charge in [0.15, 0.2) is 0 Å². The number of allylic oxidation sites excluding steroid dienone is 4. The van der Waals surface area contributed by atoms with Gasteiger partial charge in [0, 0.05) is 0 Å². The van der Waals surface area contributed by atoms with E-state index in [1.54, 1.807) is 0 Å². The fourth-order valence-electron chi connectivity index (χ4n) is 8.68. The molecule has 3 saturated carbocycles. The first kappa shape index (κ1) is 22.6. The molecule has 0 aromatic heterocycles. The van der Waals surface area contributed by atoms with Crippen LogP contribution < -0.4 is 0 Å². The van der Waals surface area contributed by atoms with Gasteiger partial charge < -0.3 is 5.11 Å². The molecule has 1 heteroatoms. The average molecular weight is 413 g/mol. The van der Waals surface area contributed by atoms with E-state index in [1.165, 1.54) is 44.9 Å². The van der Waals surface area contributed by atoms with Crippen LogP contribution in [0.1, 0.15) is 99.3 Å². The number of aliphatic hydroxyl groups excluding tert-OH is 1. The van der Waals surface area contributed by atoms with Crippen LogP contribution in [0, 0.1) is 52.3 Å². The second-order valence-electron chi connectivity index (χ2n) is 12.5. The third kappa shape index (κ3) is 3.66. The smallest absolute Gasteiger partial charge is 0.0543 e. The van der Waals surface area contributed by atoms with Crippen molar-refractivity contribution in [2.45, 2.75) is 105 Å². The Morgan fingerprint density at radius 2 is 1.70 bits per heavy atom. The molecule has 1 nitrogen and oxygen atoms in total. The summed E-state index contributed by atoms with van der Waals surface area (Å²) >= 11 is 0. The Labute approximate surface area is 186 Å². The summed E-state index contributed by atoms with van der Waals surface area (Å²) in [5.41, 5.74) is 2.79. The monoisotopic (exact) mass is 412 g/mol. The molecule has 0 spiro atoms. The van der Waals surface area contributed by atoms with Crippen molar-refractivity contribution in [3.63, 3.8) is 0 Å². The van der Waals surface area contributed by atoms with Gasteiger partial charge in [0.25, 0.3) is 0 Å². The molecule has 0 amide bonds. The van der Waals surface area contributed by atoms with Crippen LogP contribution in [-0.2, 0) is 0 Å². The minimum absolute atomic E-state index is 0.0480. The Bertz CT molecular complexity index is 674. The maximum atomic E-state index is 10.3. The fourth-order valence-corrected chi connectivity index (χ4v) is 8.68. The summed E-state index contributed by atoms with van der Waals surface area (Å²) in [6.45, 7) is 14.8. The van der Waals surface area contributed by atoms with Crippen molar-refractivity contribution in [3.05, 3.63) is 23.8 Å². The van der Waals surface area contributed by atoms with E-state index in [0.717, 1.165) is 42.4 Å². The van der Waals surface area contributed by atoms with Crippen molar-refractivity contribution in [2.24, 2.45) is 52.3 Å². The summed E-state index contributed by atoms with van der Waals surface area (Å²) in [6, 6.07) is 0. The predicted molar refractivity (Wildman–Crippen MR) is 128 cm³/mol. The van der Waals surface area contributed by atoms with E-state index in [-0.39, 0.29) is 6.10 Å². The second kappa shape index (κ2) is 8.42. The van der Waals surface area contributed by atoms with Gasteiger partial charge in [-0.05, 0) is 110 Å². The number of aliphatic hydroxyl groups is 1. The average Bonchev–Trinajstić information content (AvgIpc) is 3.06. The molecule has 0 radical (unpaired) electrons. The molecule has 0 aromatic rings.